The van der Waals surface area contributed by atoms with Crippen LogP contribution in [0.25, 0.3) is 11.0 Å². The van der Waals surface area contributed by atoms with E-state index in [1.807, 2.05) is 0 Å². The van der Waals surface area contributed by atoms with Crippen LogP contribution in [0.5, 0.6) is 11.5 Å². The predicted molar refractivity (Wildman–Crippen MR) is 145 cm³/mol. The number of amides is 1. The largest absolute Gasteiger partial charge is 0.755 e. The Labute approximate surface area is 221 Å². The molecule has 4 rings (SSSR count). The first-order valence-electron chi connectivity index (χ1n) is 11.4. The molecule has 0 saturated carbocycles. The van der Waals surface area contributed by atoms with E-state index in [-0.39, 0.29) is 30.4 Å². The second-order valence-electron chi connectivity index (χ2n) is 7.92. The molecule has 0 bridgehead atoms. The zero-order valence-corrected chi connectivity index (χ0v) is 21.5. The summed E-state index contributed by atoms with van der Waals surface area (Å²) in [7, 11) is 3.04. The fourth-order valence-corrected chi connectivity index (χ4v) is 4.25. The van der Waals surface area contributed by atoms with Crippen LogP contribution < -0.4 is 35.9 Å². The topological polar surface area (TPSA) is 181 Å². The minimum absolute atomic E-state index is 0.00424. The van der Waals surface area contributed by atoms with Gasteiger partial charge >= 0.3 is 0 Å². The number of para-hydroxylation sites is 2. The van der Waals surface area contributed by atoms with Crippen LogP contribution in [-0.4, -0.2) is 45.4 Å². The summed E-state index contributed by atoms with van der Waals surface area (Å²) in [5.74, 6) is 0.730. The summed E-state index contributed by atoms with van der Waals surface area (Å²) in [6.45, 7) is -0.138. The van der Waals surface area contributed by atoms with Crippen molar-refractivity contribution in [2.45, 2.75) is 6.54 Å². The van der Waals surface area contributed by atoms with Gasteiger partial charge in [0.05, 0.1) is 48.8 Å². The zero-order chi connectivity index (χ0) is 27.2. The van der Waals surface area contributed by atoms with Gasteiger partial charge in [-0.2, -0.15) is 0 Å². The molecule has 0 fully saturated rings. The predicted octanol–water partition coefficient (Wildman–Crippen LogP) is 2.68. The number of nitrogens with two attached hydrogens (primary N) is 2. The molecule has 1 unspecified atom stereocenters. The zero-order valence-electron chi connectivity index (χ0n) is 20.6. The monoisotopic (exact) mass is 536 g/mol. The molecule has 198 valence electrons. The van der Waals surface area contributed by atoms with Crippen LogP contribution >= 0.6 is 0 Å². The van der Waals surface area contributed by atoms with Crippen molar-refractivity contribution < 1.29 is 23.0 Å². The molecular formula is C25H26N7O5S-. The molecule has 38 heavy (non-hydrogen) atoms. The van der Waals surface area contributed by atoms with Crippen LogP contribution in [0.1, 0.15) is 5.56 Å². The number of methoxy groups -OCH3 is 2. The fourth-order valence-electron chi connectivity index (χ4n) is 3.70. The van der Waals surface area contributed by atoms with Crippen LogP contribution in [0, 0.1) is 0 Å². The molecule has 4 aromatic rings. The molecule has 1 aromatic heterocycles. The lowest BCUT2D eigenvalue weighted by molar-refractivity contribution is -0.114. The first-order chi connectivity index (χ1) is 18.4. The van der Waals surface area contributed by atoms with Gasteiger partial charge in [-0.25, -0.2) is 9.97 Å². The molecule has 0 aliphatic heterocycles. The highest BCUT2D eigenvalue weighted by Crippen LogP contribution is 2.37. The Morgan fingerprint density at radius 1 is 1.00 bits per heavy atom. The molecule has 6 N–H and O–H groups in total. The molecular weight excluding hydrogens is 510 g/mol. The second kappa shape index (κ2) is 11.8. The van der Waals surface area contributed by atoms with Gasteiger partial charge in [0.25, 0.3) is 0 Å². The number of hydrogen-bond donors (Lipinski definition) is 4. The van der Waals surface area contributed by atoms with Crippen LogP contribution in [0.4, 0.5) is 28.7 Å². The standard InChI is InChI=1S/C25H27N7O5S/c1-36-18-9-16(10-19(12-18)37-2)28-24-25(31-21-6-4-3-5-20(21)30-24)32(38(34)35)17-8-7-15(13-26)22(11-17)29-23(33)14-27/h3-12H,13-14,26-27H2,1-2H3,(H,28,30)(H,29,33)(H,34,35)/p-1. The maximum Gasteiger partial charge on any atom is 0.238 e. The lowest BCUT2D eigenvalue weighted by Crippen LogP contribution is -2.25. The summed E-state index contributed by atoms with van der Waals surface area (Å²) >= 11 is -2.84. The van der Waals surface area contributed by atoms with Crippen molar-refractivity contribution >= 4 is 56.9 Å². The molecule has 1 amide bonds. The van der Waals surface area contributed by atoms with E-state index in [1.165, 1.54) is 20.3 Å². The third-order valence-electron chi connectivity index (χ3n) is 5.52. The summed E-state index contributed by atoms with van der Waals surface area (Å²) in [6.07, 6.45) is 0. The van der Waals surface area contributed by atoms with E-state index < -0.39 is 17.2 Å². The molecule has 3 aromatic carbocycles. The van der Waals surface area contributed by atoms with E-state index in [9.17, 15) is 13.6 Å². The van der Waals surface area contributed by atoms with Crippen molar-refractivity contribution in [1.82, 2.24) is 9.97 Å². The van der Waals surface area contributed by atoms with Crippen LogP contribution in [0.3, 0.4) is 0 Å². The van der Waals surface area contributed by atoms with Crippen molar-refractivity contribution in [2.75, 3.05) is 35.7 Å². The summed E-state index contributed by atoms with van der Waals surface area (Å²) in [5, 5.41) is 5.80. The van der Waals surface area contributed by atoms with Gasteiger partial charge in [-0.15, -0.1) is 0 Å². The first-order valence-corrected chi connectivity index (χ1v) is 12.4. The Hall–Kier alpha value is -4.30. The highest BCUT2D eigenvalue weighted by atomic mass is 32.2. The number of ether oxygens (including phenoxy) is 2. The molecule has 1 heterocycles. The van der Waals surface area contributed by atoms with Crippen molar-refractivity contribution in [3.63, 3.8) is 0 Å². The van der Waals surface area contributed by atoms with Gasteiger partial charge in [-0.3, -0.25) is 13.3 Å². The number of carbonyl (C=O) groups is 1. The Balaban J connectivity index is 1.88. The van der Waals surface area contributed by atoms with E-state index in [0.29, 0.717) is 39.5 Å². The van der Waals surface area contributed by atoms with Gasteiger partial charge in [0.2, 0.25) is 5.91 Å². The Morgan fingerprint density at radius 2 is 1.66 bits per heavy atom. The number of nitrogens with one attached hydrogen (secondary N) is 2. The van der Waals surface area contributed by atoms with E-state index in [4.69, 9.17) is 20.9 Å². The first kappa shape index (κ1) is 26.8. The quantitative estimate of drug-likeness (QED) is 0.220. The Bertz CT molecular complexity index is 1480. The molecule has 0 saturated heterocycles. The van der Waals surface area contributed by atoms with Gasteiger partial charge in [0.1, 0.15) is 11.5 Å². The molecule has 12 nitrogen and oxygen atoms in total. The number of nitrogens with zero attached hydrogens (tertiary/aromatic N) is 3. The number of fused-ring (bicyclic) bond motifs is 1. The second-order valence-corrected chi connectivity index (χ2v) is 8.72. The number of aromatic nitrogens is 2. The van der Waals surface area contributed by atoms with Gasteiger partial charge in [0.15, 0.2) is 11.6 Å². The highest BCUT2D eigenvalue weighted by molar-refractivity contribution is 7.81. The van der Waals surface area contributed by atoms with Gasteiger partial charge < -0.3 is 36.1 Å². The molecule has 0 radical (unpaired) electrons. The van der Waals surface area contributed by atoms with Crippen molar-refractivity contribution in [3.8, 4) is 11.5 Å². The van der Waals surface area contributed by atoms with Crippen molar-refractivity contribution in [2.24, 2.45) is 11.5 Å². The average Bonchev–Trinajstić information content (AvgIpc) is 2.93. The van der Waals surface area contributed by atoms with Crippen molar-refractivity contribution in [1.29, 1.82) is 0 Å². The van der Waals surface area contributed by atoms with E-state index >= 15 is 0 Å². The minimum atomic E-state index is -2.84. The van der Waals surface area contributed by atoms with Gasteiger partial charge in [-0.1, -0.05) is 18.2 Å². The highest BCUT2D eigenvalue weighted by Gasteiger charge is 2.21. The third kappa shape index (κ3) is 5.81. The Kier molecular flexibility index (Phi) is 8.33. The third-order valence-corrected chi connectivity index (χ3v) is 6.20. The SMILES string of the molecule is COc1cc(Nc2nc3ccccc3nc2N(c2ccc(CN)c(NC(=O)CN)c2)S(=O)[O-])cc(OC)c1. The van der Waals surface area contributed by atoms with Gasteiger partial charge in [0, 0.05) is 36.1 Å². The number of hydrogen-bond acceptors (Lipinski definition) is 10. The summed E-state index contributed by atoms with van der Waals surface area (Å²) in [4.78, 5) is 21.2. The normalized spacial score (nSPS) is 11.6. The van der Waals surface area contributed by atoms with E-state index in [1.54, 1.807) is 54.6 Å². The number of carbonyl (C=O) groups excluding carboxylic acids is 1. The fraction of sp³-hybridized carbons (Fsp3) is 0.160. The maximum atomic E-state index is 12.6. The maximum absolute atomic E-state index is 12.6. The Morgan fingerprint density at radius 3 is 2.24 bits per heavy atom. The summed E-state index contributed by atoms with van der Waals surface area (Å²) in [5.41, 5.74) is 13.9. The summed E-state index contributed by atoms with van der Waals surface area (Å²) in [6, 6.07) is 16.8. The van der Waals surface area contributed by atoms with E-state index in [2.05, 4.69) is 20.6 Å². The smallest absolute Gasteiger partial charge is 0.238 e. The van der Waals surface area contributed by atoms with Crippen LogP contribution in [0.2, 0.25) is 0 Å². The summed E-state index contributed by atoms with van der Waals surface area (Å²) < 4.78 is 37.0. The molecule has 0 spiro atoms. The van der Waals surface area contributed by atoms with Crippen LogP contribution in [-0.2, 0) is 22.6 Å². The van der Waals surface area contributed by atoms with E-state index in [0.717, 1.165) is 4.31 Å². The molecule has 0 aliphatic rings. The molecule has 13 heteroatoms. The average molecular weight is 537 g/mol. The minimum Gasteiger partial charge on any atom is -0.755 e. The van der Waals surface area contributed by atoms with Crippen LogP contribution in [0.15, 0.2) is 60.7 Å². The molecule has 0 aliphatic carbocycles. The number of rotatable bonds is 10. The number of benzene rings is 3. The lowest BCUT2D eigenvalue weighted by Gasteiger charge is -2.28. The lowest BCUT2D eigenvalue weighted by atomic mass is 10.1. The van der Waals surface area contributed by atoms with Gasteiger partial charge in [-0.05, 0) is 29.8 Å². The van der Waals surface area contributed by atoms with Crippen molar-refractivity contribution in [3.05, 3.63) is 66.2 Å². The number of anilines is 5. The molecule has 1 atom stereocenters.